The third kappa shape index (κ3) is 2.95. The molecule has 1 N–H and O–H groups in total. The standard InChI is InChI=1S/C24H24N2O4/c1-3-15-24(23(29)30-4-2)19-18(20(25-24)16-11-7-5-8-12-16)21(27)26(22(19)28)17-13-9-6-10-14-17/h3,5-14,18-20,25H,1,4,15H2,2H3/t18?,19?,20?,24-/m1/s1. The summed E-state index contributed by atoms with van der Waals surface area (Å²) in [5.41, 5.74) is 0.00280. The molecule has 0 radical (unpaired) electrons. The van der Waals surface area contributed by atoms with E-state index in [4.69, 9.17) is 4.74 Å². The van der Waals surface area contributed by atoms with Crippen LogP contribution in [0.5, 0.6) is 0 Å². The molecular formula is C24H24N2O4. The van der Waals surface area contributed by atoms with Gasteiger partial charge in [-0.15, -0.1) is 6.58 Å². The van der Waals surface area contributed by atoms with Crippen molar-refractivity contribution in [1.29, 1.82) is 0 Å². The third-order valence-electron chi connectivity index (χ3n) is 5.93. The second-order valence-electron chi connectivity index (χ2n) is 7.57. The summed E-state index contributed by atoms with van der Waals surface area (Å²) in [6.07, 6.45) is 1.77. The van der Waals surface area contributed by atoms with Crippen LogP contribution in [-0.4, -0.2) is 29.9 Å². The SMILES string of the molecule is C=CC[C@@]1(C(=O)OCC)NC(c2ccccc2)C2C(=O)N(c3ccccc3)C(=O)C21. The molecule has 2 aliphatic rings. The number of nitrogens with one attached hydrogen (secondary N) is 1. The van der Waals surface area contributed by atoms with E-state index < -0.39 is 35.3 Å². The van der Waals surface area contributed by atoms with Gasteiger partial charge < -0.3 is 4.74 Å². The molecule has 2 aliphatic heterocycles. The number of ether oxygens (including phenoxy) is 1. The van der Waals surface area contributed by atoms with Crippen molar-refractivity contribution in [3.05, 3.63) is 78.9 Å². The first-order valence-electron chi connectivity index (χ1n) is 10.1. The Labute approximate surface area is 175 Å². The van der Waals surface area contributed by atoms with E-state index in [0.717, 1.165) is 5.56 Å². The zero-order chi connectivity index (χ0) is 21.3. The number of rotatable bonds is 6. The molecular weight excluding hydrogens is 380 g/mol. The minimum atomic E-state index is -1.35. The molecule has 30 heavy (non-hydrogen) atoms. The lowest BCUT2D eigenvalue weighted by atomic mass is 9.77. The molecule has 4 atom stereocenters. The molecule has 0 spiro atoms. The van der Waals surface area contributed by atoms with Crippen molar-refractivity contribution in [2.45, 2.75) is 24.9 Å². The van der Waals surface area contributed by atoms with Crippen LogP contribution < -0.4 is 10.2 Å². The van der Waals surface area contributed by atoms with E-state index in [2.05, 4.69) is 11.9 Å². The van der Waals surface area contributed by atoms with E-state index in [9.17, 15) is 14.4 Å². The number of hydrogen-bond donors (Lipinski definition) is 1. The Kier molecular flexibility index (Phi) is 5.26. The van der Waals surface area contributed by atoms with Crippen LogP contribution in [0.3, 0.4) is 0 Å². The number of esters is 1. The fraction of sp³-hybridized carbons (Fsp3) is 0.292. The molecule has 2 heterocycles. The quantitative estimate of drug-likeness (QED) is 0.455. The van der Waals surface area contributed by atoms with Crippen LogP contribution in [-0.2, 0) is 19.1 Å². The van der Waals surface area contributed by atoms with Gasteiger partial charge in [0.05, 0.1) is 24.1 Å². The molecule has 4 rings (SSSR count). The van der Waals surface area contributed by atoms with Crippen LogP contribution in [0.25, 0.3) is 0 Å². The first-order chi connectivity index (χ1) is 14.5. The highest BCUT2D eigenvalue weighted by Crippen LogP contribution is 2.51. The number of benzene rings is 2. The molecule has 2 aromatic rings. The summed E-state index contributed by atoms with van der Waals surface area (Å²) >= 11 is 0. The molecule has 0 aliphatic carbocycles. The minimum Gasteiger partial charge on any atom is -0.465 e. The van der Waals surface area contributed by atoms with Crippen molar-refractivity contribution >= 4 is 23.5 Å². The number of carbonyl (C=O) groups excluding carboxylic acids is 3. The Morgan fingerprint density at radius 3 is 2.33 bits per heavy atom. The van der Waals surface area contributed by atoms with Gasteiger partial charge in [0.15, 0.2) is 0 Å². The Bertz CT molecular complexity index is 975. The highest BCUT2D eigenvalue weighted by molar-refractivity contribution is 6.24. The molecule has 6 nitrogen and oxygen atoms in total. The van der Waals surface area contributed by atoms with Gasteiger partial charge in [-0.2, -0.15) is 0 Å². The lowest BCUT2D eigenvalue weighted by Crippen LogP contribution is -2.56. The van der Waals surface area contributed by atoms with E-state index in [1.165, 1.54) is 4.90 Å². The largest absolute Gasteiger partial charge is 0.465 e. The molecule has 0 bridgehead atoms. The fourth-order valence-corrected chi connectivity index (χ4v) is 4.73. The van der Waals surface area contributed by atoms with Gasteiger partial charge in [-0.25, -0.2) is 4.90 Å². The van der Waals surface area contributed by atoms with Crippen molar-refractivity contribution in [2.75, 3.05) is 11.5 Å². The molecule has 0 aromatic heterocycles. The Morgan fingerprint density at radius 1 is 1.10 bits per heavy atom. The second kappa shape index (κ2) is 7.88. The molecule has 0 saturated carbocycles. The lowest BCUT2D eigenvalue weighted by molar-refractivity contribution is -0.154. The van der Waals surface area contributed by atoms with Crippen molar-refractivity contribution in [3.63, 3.8) is 0 Å². The van der Waals surface area contributed by atoms with Crippen LogP contribution >= 0.6 is 0 Å². The maximum atomic E-state index is 13.6. The molecule has 6 heteroatoms. The van der Waals surface area contributed by atoms with Crippen molar-refractivity contribution < 1.29 is 19.1 Å². The normalized spacial score (nSPS) is 27.8. The van der Waals surface area contributed by atoms with Gasteiger partial charge in [0.2, 0.25) is 11.8 Å². The number of fused-ring (bicyclic) bond motifs is 1. The highest BCUT2D eigenvalue weighted by atomic mass is 16.5. The summed E-state index contributed by atoms with van der Waals surface area (Å²) in [6, 6.07) is 17.8. The van der Waals surface area contributed by atoms with E-state index in [-0.39, 0.29) is 18.9 Å². The molecule has 154 valence electrons. The topological polar surface area (TPSA) is 75.7 Å². The van der Waals surface area contributed by atoms with Gasteiger partial charge >= 0.3 is 5.97 Å². The van der Waals surface area contributed by atoms with Crippen LogP contribution in [0.2, 0.25) is 0 Å². The van der Waals surface area contributed by atoms with E-state index in [1.54, 1.807) is 37.3 Å². The smallest absolute Gasteiger partial charge is 0.327 e. The Balaban J connectivity index is 1.86. The lowest BCUT2D eigenvalue weighted by Gasteiger charge is -2.32. The van der Waals surface area contributed by atoms with Gasteiger partial charge in [0, 0.05) is 6.04 Å². The van der Waals surface area contributed by atoms with Crippen LogP contribution in [0, 0.1) is 11.8 Å². The van der Waals surface area contributed by atoms with E-state index in [1.807, 2.05) is 36.4 Å². The zero-order valence-corrected chi connectivity index (χ0v) is 16.8. The Morgan fingerprint density at radius 2 is 1.73 bits per heavy atom. The van der Waals surface area contributed by atoms with E-state index >= 15 is 0 Å². The predicted molar refractivity (Wildman–Crippen MR) is 112 cm³/mol. The third-order valence-corrected chi connectivity index (χ3v) is 5.93. The summed E-state index contributed by atoms with van der Waals surface area (Å²) in [5.74, 6) is -2.84. The number of imide groups is 1. The van der Waals surface area contributed by atoms with Crippen LogP contribution in [0.1, 0.15) is 24.9 Å². The number of carbonyl (C=O) groups is 3. The van der Waals surface area contributed by atoms with Crippen molar-refractivity contribution in [2.24, 2.45) is 11.8 Å². The van der Waals surface area contributed by atoms with Crippen molar-refractivity contribution in [1.82, 2.24) is 5.32 Å². The summed E-state index contributed by atoms with van der Waals surface area (Å²) in [5, 5.41) is 3.33. The average molecular weight is 404 g/mol. The number of amides is 2. The molecule has 3 unspecified atom stereocenters. The number of nitrogens with zero attached hydrogens (tertiary/aromatic N) is 1. The summed E-state index contributed by atoms with van der Waals surface area (Å²) < 4.78 is 5.37. The minimum absolute atomic E-state index is 0.178. The number of hydrogen-bond acceptors (Lipinski definition) is 5. The average Bonchev–Trinajstić information content (AvgIpc) is 3.24. The van der Waals surface area contributed by atoms with Gasteiger partial charge in [-0.05, 0) is 31.0 Å². The van der Waals surface area contributed by atoms with Crippen molar-refractivity contribution in [3.8, 4) is 0 Å². The summed E-state index contributed by atoms with van der Waals surface area (Å²) in [4.78, 5) is 41.5. The summed E-state index contributed by atoms with van der Waals surface area (Å²) in [6.45, 7) is 5.69. The van der Waals surface area contributed by atoms with Gasteiger partial charge in [0.25, 0.3) is 0 Å². The molecule has 2 aromatic carbocycles. The van der Waals surface area contributed by atoms with Gasteiger partial charge in [-0.3, -0.25) is 19.7 Å². The van der Waals surface area contributed by atoms with Crippen LogP contribution in [0.15, 0.2) is 73.3 Å². The Hall–Kier alpha value is -3.25. The fourth-order valence-electron chi connectivity index (χ4n) is 4.73. The highest BCUT2D eigenvalue weighted by Gasteiger charge is 2.68. The first kappa shape index (κ1) is 20.0. The molecule has 2 amide bonds. The van der Waals surface area contributed by atoms with E-state index in [0.29, 0.717) is 5.69 Å². The predicted octanol–water partition coefficient (Wildman–Crippen LogP) is 3.01. The maximum Gasteiger partial charge on any atom is 0.327 e. The number of para-hydroxylation sites is 1. The first-order valence-corrected chi connectivity index (χ1v) is 10.1. The zero-order valence-electron chi connectivity index (χ0n) is 16.8. The summed E-state index contributed by atoms with van der Waals surface area (Å²) in [7, 11) is 0. The second-order valence-corrected chi connectivity index (χ2v) is 7.57. The molecule has 2 fully saturated rings. The van der Waals surface area contributed by atoms with Gasteiger partial charge in [-0.1, -0.05) is 54.6 Å². The number of anilines is 1. The van der Waals surface area contributed by atoms with Crippen LogP contribution in [0.4, 0.5) is 5.69 Å². The van der Waals surface area contributed by atoms with Gasteiger partial charge in [0.1, 0.15) is 5.54 Å². The molecule has 2 saturated heterocycles. The maximum absolute atomic E-state index is 13.6. The monoisotopic (exact) mass is 404 g/mol.